The molecular formula is C21H17F3N2O4S2. The molecule has 0 aliphatic heterocycles. The molecule has 168 valence electrons. The normalized spacial score (nSPS) is 11.2. The van der Waals surface area contributed by atoms with Gasteiger partial charge in [0.2, 0.25) is 0 Å². The summed E-state index contributed by atoms with van der Waals surface area (Å²) in [6, 6.07) is 7.84. The summed E-state index contributed by atoms with van der Waals surface area (Å²) in [6.45, 7) is 3.13. The second kappa shape index (κ2) is 9.53. The van der Waals surface area contributed by atoms with Gasteiger partial charge in [0, 0.05) is 0 Å². The highest BCUT2D eigenvalue weighted by Gasteiger charge is 2.34. The van der Waals surface area contributed by atoms with Crippen LogP contribution in [0.25, 0.3) is 0 Å². The number of hydrogen-bond donors (Lipinski definition) is 2. The summed E-state index contributed by atoms with van der Waals surface area (Å²) in [5, 5.41) is 6.64. The quantitative estimate of drug-likeness (QED) is 0.434. The summed E-state index contributed by atoms with van der Waals surface area (Å²) < 4.78 is 44.8. The highest BCUT2D eigenvalue weighted by molar-refractivity contribution is 7.19. The van der Waals surface area contributed by atoms with Crippen LogP contribution in [-0.2, 0) is 10.9 Å². The van der Waals surface area contributed by atoms with Gasteiger partial charge in [-0.3, -0.25) is 9.59 Å². The van der Waals surface area contributed by atoms with Crippen molar-refractivity contribution in [3.05, 3.63) is 68.2 Å². The first-order valence-corrected chi connectivity index (χ1v) is 11.0. The molecule has 1 aromatic carbocycles. The Kier molecular flexibility index (Phi) is 6.99. The van der Waals surface area contributed by atoms with Gasteiger partial charge in [-0.2, -0.15) is 13.2 Å². The van der Waals surface area contributed by atoms with E-state index in [-0.39, 0.29) is 27.6 Å². The van der Waals surface area contributed by atoms with E-state index in [2.05, 4.69) is 10.6 Å². The summed E-state index contributed by atoms with van der Waals surface area (Å²) >= 11 is 1.97. The highest BCUT2D eigenvalue weighted by Crippen LogP contribution is 2.37. The number of carbonyl (C=O) groups is 3. The zero-order valence-corrected chi connectivity index (χ0v) is 18.5. The maximum atomic E-state index is 13.3. The molecule has 0 bridgehead atoms. The van der Waals surface area contributed by atoms with Crippen molar-refractivity contribution in [3.8, 4) is 0 Å². The van der Waals surface area contributed by atoms with E-state index in [1.807, 2.05) is 0 Å². The van der Waals surface area contributed by atoms with Gasteiger partial charge in [-0.25, -0.2) is 4.79 Å². The molecule has 0 aliphatic rings. The number of rotatable bonds is 6. The Hall–Kier alpha value is -3.18. The zero-order valence-electron chi connectivity index (χ0n) is 16.8. The molecule has 0 unspecified atom stereocenters. The van der Waals surface area contributed by atoms with Crippen LogP contribution in [0.3, 0.4) is 0 Å². The average molecular weight is 483 g/mol. The van der Waals surface area contributed by atoms with Crippen LogP contribution in [0, 0.1) is 6.92 Å². The molecule has 32 heavy (non-hydrogen) atoms. The third-order valence-corrected chi connectivity index (χ3v) is 6.36. The Labute approximate surface area is 189 Å². The Balaban J connectivity index is 1.97. The average Bonchev–Trinajstić information content (AvgIpc) is 3.36. The van der Waals surface area contributed by atoms with Gasteiger partial charge in [0.15, 0.2) is 0 Å². The number of amides is 2. The van der Waals surface area contributed by atoms with E-state index in [0.29, 0.717) is 4.88 Å². The van der Waals surface area contributed by atoms with Crippen LogP contribution in [0.2, 0.25) is 0 Å². The monoisotopic (exact) mass is 482 g/mol. The van der Waals surface area contributed by atoms with Gasteiger partial charge in [0.25, 0.3) is 11.8 Å². The van der Waals surface area contributed by atoms with Crippen LogP contribution in [0.5, 0.6) is 0 Å². The first kappa shape index (κ1) is 23.5. The Morgan fingerprint density at radius 2 is 1.75 bits per heavy atom. The number of alkyl halides is 3. The van der Waals surface area contributed by atoms with Crippen LogP contribution in [0.15, 0.2) is 41.8 Å². The fourth-order valence-corrected chi connectivity index (χ4v) is 4.56. The van der Waals surface area contributed by atoms with Gasteiger partial charge in [-0.15, -0.1) is 22.7 Å². The van der Waals surface area contributed by atoms with E-state index < -0.39 is 35.2 Å². The lowest BCUT2D eigenvalue weighted by Gasteiger charge is -2.13. The van der Waals surface area contributed by atoms with Crippen molar-refractivity contribution in [1.29, 1.82) is 0 Å². The third kappa shape index (κ3) is 5.00. The number of nitrogens with one attached hydrogen (secondary N) is 2. The lowest BCUT2D eigenvalue weighted by atomic mass is 10.1. The van der Waals surface area contributed by atoms with E-state index in [9.17, 15) is 27.6 Å². The summed E-state index contributed by atoms with van der Waals surface area (Å²) in [5.41, 5.74) is -1.24. The van der Waals surface area contributed by atoms with E-state index in [1.165, 1.54) is 30.4 Å². The highest BCUT2D eigenvalue weighted by atomic mass is 32.1. The largest absolute Gasteiger partial charge is 0.462 e. The van der Waals surface area contributed by atoms with E-state index >= 15 is 0 Å². The molecule has 2 heterocycles. The first-order chi connectivity index (χ1) is 15.1. The lowest BCUT2D eigenvalue weighted by molar-refractivity contribution is -0.136. The molecule has 0 radical (unpaired) electrons. The van der Waals surface area contributed by atoms with Crippen LogP contribution >= 0.6 is 22.7 Å². The van der Waals surface area contributed by atoms with Gasteiger partial charge < -0.3 is 15.4 Å². The SMILES string of the molecule is CCOC(=O)c1c(NC(=O)c2cccs2)sc(C(=O)Nc2ccccc2C(F)(F)F)c1C. The number of halogens is 3. The van der Waals surface area contributed by atoms with Crippen molar-refractivity contribution in [3.63, 3.8) is 0 Å². The molecular weight excluding hydrogens is 465 g/mol. The molecule has 3 aromatic rings. The molecule has 0 atom stereocenters. The smallest absolute Gasteiger partial charge is 0.418 e. The van der Waals surface area contributed by atoms with Gasteiger partial charge in [-0.05, 0) is 43.0 Å². The van der Waals surface area contributed by atoms with Crippen LogP contribution in [0.4, 0.5) is 23.9 Å². The van der Waals surface area contributed by atoms with Gasteiger partial charge in [0.05, 0.1) is 33.2 Å². The summed E-state index contributed by atoms with van der Waals surface area (Å²) in [5.74, 6) is -2.08. The topological polar surface area (TPSA) is 84.5 Å². The van der Waals surface area contributed by atoms with Crippen molar-refractivity contribution >= 4 is 51.1 Å². The molecule has 2 aromatic heterocycles. The van der Waals surface area contributed by atoms with E-state index in [4.69, 9.17) is 4.74 Å². The van der Waals surface area contributed by atoms with Crippen LogP contribution < -0.4 is 10.6 Å². The van der Waals surface area contributed by atoms with Crippen LogP contribution in [-0.4, -0.2) is 24.4 Å². The summed E-state index contributed by atoms with van der Waals surface area (Å²) in [7, 11) is 0. The number of carbonyl (C=O) groups excluding carboxylic acids is 3. The molecule has 11 heteroatoms. The minimum absolute atomic E-state index is 0.0176. The number of anilines is 2. The van der Waals surface area contributed by atoms with Crippen molar-refractivity contribution < 1.29 is 32.3 Å². The minimum Gasteiger partial charge on any atom is -0.462 e. The number of para-hydroxylation sites is 1. The first-order valence-electron chi connectivity index (χ1n) is 9.26. The molecule has 2 N–H and O–H groups in total. The lowest BCUT2D eigenvalue weighted by Crippen LogP contribution is -2.17. The number of thiophene rings is 2. The van der Waals surface area contributed by atoms with Crippen molar-refractivity contribution in [2.75, 3.05) is 17.2 Å². The Bertz CT molecular complexity index is 1150. The number of benzene rings is 1. The molecule has 0 saturated carbocycles. The fraction of sp³-hybridized carbons (Fsp3) is 0.190. The van der Waals surface area contributed by atoms with E-state index in [0.717, 1.165) is 23.5 Å². The van der Waals surface area contributed by atoms with Crippen molar-refractivity contribution in [2.45, 2.75) is 20.0 Å². The molecule has 2 amide bonds. The number of hydrogen-bond acceptors (Lipinski definition) is 6. The fourth-order valence-electron chi connectivity index (χ4n) is 2.86. The standard InChI is InChI=1S/C21H17F3N2O4S2/c1-3-30-20(29)15-11(2)16(32-19(15)26-17(27)14-9-6-10-31-14)18(28)25-13-8-5-4-7-12(13)21(22,23)24/h4-10H,3H2,1-2H3,(H,25,28)(H,26,27). The molecule has 6 nitrogen and oxygen atoms in total. The van der Waals surface area contributed by atoms with Crippen LogP contribution in [0.1, 0.15) is 47.8 Å². The second-order valence-corrected chi connectivity index (χ2v) is 8.38. The predicted molar refractivity (Wildman–Crippen MR) is 117 cm³/mol. The third-order valence-electron chi connectivity index (χ3n) is 4.29. The number of ether oxygens (including phenoxy) is 1. The predicted octanol–water partition coefficient (Wildman–Crippen LogP) is 5.82. The number of esters is 1. The Morgan fingerprint density at radius 3 is 2.38 bits per heavy atom. The molecule has 0 fully saturated rings. The second-order valence-electron chi connectivity index (χ2n) is 6.41. The van der Waals surface area contributed by atoms with Gasteiger partial charge in [0.1, 0.15) is 5.00 Å². The van der Waals surface area contributed by atoms with Gasteiger partial charge in [-0.1, -0.05) is 18.2 Å². The molecule has 0 spiro atoms. The Morgan fingerprint density at radius 1 is 1.03 bits per heavy atom. The zero-order chi connectivity index (χ0) is 23.5. The molecule has 0 saturated heterocycles. The van der Waals surface area contributed by atoms with Crippen molar-refractivity contribution in [1.82, 2.24) is 0 Å². The maximum Gasteiger partial charge on any atom is 0.418 e. The summed E-state index contributed by atoms with van der Waals surface area (Å²) in [4.78, 5) is 38.2. The van der Waals surface area contributed by atoms with E-state index in [1.54, 1.807) is 24.4 Å². The molecule has 3 rings (SSSR count). The maximum absolute atomic E-state index is 13.3. The van der Waals surface area contributed by atoms with Gasteiger partial charge >= 0.3 is 12.1 Å². The molecule has 0 aliphatic carbocycles. The van der Waals surface area contributed by atoms with Crippen molar-refractivity contribution in [2.24, 2.45) is 0 Å². The minimum atomic E-state index is -4.66. The summed E-state index contributed by atoms with van der Waals surface area (Å²) in [6.07, 6.45) is -4.66.